The summed E-state index contributed by atoms with van der Waals surface area (Å²) in [6.45, 7) is 4.83. The van der Waals surface area contributed by atoms with Gasteiger partial charge in [-0.2, -0.15) is 5.10 Å². The minimum absolute atomic E-state index is 0.284. The molecule has 0 aliphatic carbocycles. The van der Waals surface area contributed by atoms with Gasteiger partial charge in [0.1, 0.15) is 5.82 Å². The van der Waals surface area contributed by atoms with Gasteiger partial charge in [-0.3, -0.25) is 9.67 Å². The minimum atomic E-state index is 0.284. The van der Waals surface area contributed by atoms with Crippen LogP contribution in [0.4, 0.5) is 11.5 Å². The van der Waals surface area contributed by atoms with Crippen molar-refractivity contribution >= 4 is 11.5 Å². The lowest BCUT2D eigenvalue weighted by atomic mass is 10.0. The Bertz CT molecular complexity index is 934. The van der Waals surface area contributed by atoms with Gasteiger partial charge >= 0.3 is 0 Å². The monoisotopic (exact) mass is 362 g/mol. The Kier molecular flexibility index (Phi) is 4.77. The first-order valence-electron chi connectivity index (χ1n) is 9.17. The largest absolute Gasteiger partial charge is 0.383 e. The zero-order valence-electron chi connectivity index (χ0n) is 15.7. The van der Waals surface area contributed by atoms with Crippen LogP contribution in [-0.4, -0.2) is 45.4 Å². The number of pyridine rings is 2. The van der Waals surface area contributed by atoms with Crippen molar-refractivity contribution in [3.8, 4) is 11.3 Å². The SMILES string of the molecule is Cc1cccnc1CC1CNCCN1c1[c]c(N)nc(-c2cnn(C)c2)c1. The van der Waals surface area contributed by atoms with Crippen molar-refractivity contribution in [2.45, 2.75) is 19.4 Å². The molecule has 1 unspecified atom stereocenters. The zero-order valence-corrected chi connectivity index (χ0v) is 15.7. The second kappa shape index (κ2) is 7.36. The van der Waals surface area contributed by atoms with Crippen molar-refractivity contribution in [1.29, 1.82) is 0 Å². The van der Waals surface area contributed by atoms with Gasteiger partial charge in [-0.15, -0.1) is 0 Å². The Morgan fingerprint density at radius 2 is 2.30 bits per heavy atom. The van der Waals surface area contributed by atoms with Gasteiger partial charge in [-0.25, -0.2) is 4.98 Å². The average Bonchev–Trinajstić information content (AvgIpc) is 3.10. The van der Waals surface area contributed by atoms with E-state index in [0.29, 0.717) is 5.82 Å². The fourth-order valence-corrected chi connectivity index (χ4v) is 3.56. The van der Waals surface area contributed by atoms with Crippen LogP contribution in [0, 0.1) is 13.0 Å². The number of piperazine rings is 1. The van der Waals surface area contributed by atoms with E-state index in [1.807, 2.05) is 25.5 Å². The molecule has 0 amide bonds. The molecule has 0 saturated carbocycles. The maximum Gasteiger partial charge on any atom is 0.134 e. The quantitative estimate of drug-likeness (QED) is 0.733. The molecule has 1 fully saturated rings. The summed E-state index contributed by atoms with van der Waals surface area (Å²) >= 11 is 0. The highest BCUT2D eigenvalue weighted by atomic mass is 15.2. The first kappa shape index (κ1) is 17.5. The topological polar surface area (TPSA) is 84.9 Å². The number of nitrogens with one attached hydrogen (secondary N) is 1. The molecule has 1 atom stereocenters. The van der Waals surface area contributed by atoms with E-state index in [1.165, 1.54) is 5.56 Å². The number of hydrogen-bond donors (Lipinski definition) is 2. The van der Waals surface area contributed by atoms with Crippen LogP contribution >= 0.6 is 0 Å². The first-order chi connectivity index (χ1) is 13.1. The lowest BCUT2D eigenvalue weighted by Crippen LogP contribution is -2.52. The van der Waals surface area contributed by atoms with E-state index in [-0.39, 0.29) is 6.04 Å². The number of nitrogens with zero attached hydrogens (tertiary/aromatic N) is 5. The lowest BCUT2D eigenvalue weighted by molar-refractivity contribution is 0.470. The standard InChI is InChI=1S/C20H24N7/c1-14-4-3-5-23-18(14)9-17-12-22-6-7-27(17)16-8-19(25-20(21)10-16)15-11-24-26(2)13-15/h3-5,8,11,13,17,22H,6-7,9,12H2,1-2H3,(H2,21,25). The molecule has 0 aromatic carbocycles. The Morgan fingerprint density at radius 3 is 3.07 bits per heavy atom. The van der Waals surface area contributed by atoms with E-state index >= 15 is 0 Å². The highest BCUT2D eigenvalue weighted by molar-refractivity contribution is 5.67. The van der Waals surface area contributed by atoms with Crippen LogP contribution < -0.4 is 16.0 Å². The predicted octanol–water partition coefficient (Wildman–Crippen LogP) is 1.59. The molecular weight excluding hydrogens is 338 g/mol. The number of aromatic nitrogens is 4. The summed E-state index contributed by atoms with van der Waals surface area (Å²) in [6.07, 6.45) is 6.48. The summed E-state index contributed by atoms with van der Waals surface area (Å²) in [5.41, 5.74) is 11.2. The Morgan fingerprint density at radius 1 is 1.41 bits per heavy atom. The van der Waals surface area contributed by atoms with Gasteiger partial charge in [-0.05, 0) is 24.6 Å². The van der Waals surface area contributed by atoms with Crippen molar-refractivity contribution in [3.05, 3.63) is 54.1 Å². The first-order valence-corrected chi connectivity index (χ1v) is 9.17. The van der Waals surface area contributed by atoms with Crippen LogP contribution in [0.15, 0.2) is 36.8 Å². The second-order valence-electron chi connectivity index (χ2n) is 6.96. The van der Waals surface area contributed by atoms with Gasteiger partial charge < -0.3 is 16.0 Å². The summed E-state index contributed by atoms with van der Waals surface area (Å²) in [6, 6.07) is 9.67. The molecule has 0 bridgehead atoms. The van der Waals surface area contributed by atoms with Crippen LogP contribution in [0.2, 0.25) is 0 Å². The molecule has 139 valence electrons. The van der Waals surface area contributed by atoms with Crippen molar-refractivity contribution in [2.75, 3.05) is 30.3 Å². The van der Waals surface area contributed by atoms with E-state index in [9.17, 15) is 0 Å². The molecule has 27 heavy (non-hydrogen) atoms. The van der Waals surface area contributed by atoms with E-state index in [4.69, 9.17) is 5.73 Å². The van der Waals surface area contributed by atoms with Gasteiger partial charge in [0.2, 0.25) is 0 Å². The van der Waals surface area contributed by atoms with Crippen LogP contribution in [0.25, 0.3) is 11.3 Å². The summed E-state index contributed by atoms with van der Waals surface area (Å²) in [4.78, 5) is 11.4. The van der Waals surface area contributed by atoms with Crippen molar-refractivity contribution < 1.29 is 0 Å². The molecule has 7 heteroatoms. The fraction of sp³-hybridized carbons (Fsp3) is 0.350. The lowest BCUT2D eigenvalue weighted by Gasteiger charge is -2.38. The molecule has 0 spiro atoms. The average molecular weight is 362 g/mol. The zero-order chi connectivity index (χ0) is 18.8. The maximum atomic E-state index is 6.08. The third-order valence-corrected chi connectivity index (χ3v) is 4.98. The molecule has 7 nitrogen and oxygen atoms in total. The number of rotatable bonds is 4. The van der Waals surface area contributed by atoms with E-state index in [0.717, 1.165) is 48.7 Å². The number of aryl methyl sites for hydroxylation is 2. The highest BCUT2D eigenvalue weighted by Gasteiger charge is 2.25. The second-order valence-corrected chi connectivity index (χ2v) is 6.96. The van der Waals surface area contributed by atoms with Crippen LogP contribution in [0.5, 0.6) is 0 Å². The number of anilines is 2. The molecular formula is C20H24N7. The number of nitrogens with two attached hydrogens (primary N) is 1. The predicted molar refractivity (Wildman–Crippen MR) is 106 cm³/mol. The van der Waals surface area contributed by atoms with Crippen molar-refractivity contribution in [2.24, 2.45) is 7.05 Å². The molecule has 3 aromatic rings. The van der Waals surface area contributed by atoms with E-state index < -0.39 is 0 Å². The molecule has 4 rings (SSSR count). The molecule has 1 saturated heterocycles. The van der Waals surface area contributed by atoms with Gasteiger partial charge in [0.05, 0.1) is 23.6 Å². The Hall–Kier alpha value is -2.93. The van der Waals surface area contributed by atoms with Crippen LogP contribution in [0.3, 0.4) is 0 Å². The Balaban J connectivity index is 1.65. The molecule has 4 heterocycles. The fourth-order valence-electron chi connectivity index (χ4n) is 3.56. The van der Waals surface area contributed by atoms with E-state index in [1.54, 1.807) is 10.9 Å². The molecule has 1 aliphatic rings. The van der Waals surface area contributed by atoms with Crippen LogP contribution in [-0.2, 0) is 13.5 Å². The summed E-state index contributed by atoms with van der Waals surface area (Å²) in [5, 5.41) is 7.73. The smallest absolute Gasteiger partial charge is 0.134 e. The summed E-state index contributed by atoms with van der Waals surface area (Å²) in [7, 11) is 1.89. The van der Waals surface area contributed by atoms with E-state index in [2.05, 4.69) is 50.4 Å². The maximum absolute atomic E-state index is 6.08. The van der Waals surface area contributed by atoms with Crippen LogP contribution in [0.1, 0.15) is 11.3 Å². The number of hydrogen-bond acceptors (Lipinski definition) is 6. The molecule has 1 radical (unpaired) electrons. The summed E-state index contributed by atoms with van der Waals surface area (Å²) < 4.78 is 1.76. The van der Waals surface area contributed by atoms with Crippen molar-refractivity contribution in [3.63, 3.8) is 0 Å². The van der Waals surface area contributed by atoms with Gasteiger partial charge in [0.25, 0.3) is 0 Å². The van der Waals surface area contributed by atoms with Gasteiger partial charge in [-0.1, -0.05) is 6.07 Å². The highest BCUT2D eigenvalue weighted by Crippen LogP contribution is 2.27. The summed E-state index contributed by atoms with van der Waals surface area (Å²) in [5.74, 6) is 0.401. The number of nitrogen functional groups attached to an aromatic ring is 1. The molecule has 3 N–H and O–H groups in total. The third kappa shape index (κ3) is 3.78. The Labute approximate surface area is 159 Å². The molecule has 3 aromatic heterocycles. The minimum Gasteiger partial charge on any atom is -0.383 e. The van der Waals surface area contributed by atoms with Crippen molar-refractivity contribution in [1.82, 2.24) is 25.1 Å². The normalized spacial score (nSPS) is 17.3. The molecule has 1 aliphatic heterocycles. The third-order valence-electron chi connectivity index (χ3n) is 4.98. The van der Waals surface area contributed by atoms with Gasteiger partial charge in [0.15, 0.2) is 0 Å². The van der Waals surface area contributed by atoms with Gasteiger partial charge in [0, 0.05) is 62.8 Å².